The van der Waals surface area contributed by atoms with Gasteiger partial charge in [-0.1, -0.05) is 49.8 Å². The number of carbonyl (C=O) groups is 1. The number of aromatic nitrogens is 2. The van der Waals surface area contributed by atoms with Crippen molar-refractivity contribution in [3.05, 3.63) is 23.8 Å². The van der Waals surface area contributed by atoms with E-state index in [2.05, 4.69) is 29.4 Å². The van der Waals surface area contributed by atoms with E-state index in [1.165, 1.54) is 41.0 Å². The molecule has 1 fully saturated rings. The Balaban J connectivity index is 1.81. The van der Waals surface area contributed by atoms with Gasteiger partial charge in [-0.15, -0.1) is 10.2 Å². The van der Waals surface area contributed by atoms with Crippen LogP contribution in [0.3, 0.4) is 0 Å². The number of nitrogens with zero attached hydrogens (tertiary/aromatic N) is 3. The van der Waals surface area contributed by atoms with Crippen LogP contribution in [0.15, 0.2) is 27.4 Å². The van der Waals surface area contributed by atoms with Gasteiger partial charge in [-0.3, -0.25) is 10.1 Å². The summed E-state index contributed by atoms with van der Waals surface area (Å²) in [6, 6.07) is 4.38. The van der Waals surface area contributed by atoms with Gasteiger partial charge in [0.2, 0.25) is 15.2 Å². The van der Waals surface area contributed by atoms with E-state index in [0.29, 0.717) is 29.9 Å². The molecule has 0 radical (unpaired) electrons. The summed E-state index contributed by atoms with van der Waals surface area (Å²) in [5.74, 6) is 1.24. The van der Waals surface area contributed by atoms with E-state index < -0.39 is 15.9 Å². The van der Waals surface area contributed by atoms with E-state index in [1.54, 1.807) is 11.8 Å². The number of carbonyl (C=O) groups excluding carboxylic acids is 1. The van der Waals surface area contributed by atoms with E-state index >= 15 is 0 Å². The smallest absolute Gasteiger partial charge is 0.261 e. The third-order valence-electron chi connectivity index (χ3n) is 4.79. The summed E-state index contributed by atoms with van der Waals surface area (Å²) in [5, 5.41) is 11.2. The number of rotatable bonds is 8. The SMILES string of the molecule is COc1ccc(S(=O)(=O)N2CCCCCC2)cc1C(=O)Nc1nnc(SCC(C)C)s1. The van der Waals surface area contributed by atoms with Gasteiger partial charge < -0.3 is 4.74 Å². The first-order valence-corrected chi connectivity index (χ1v) is 13.5. The molecule has 2 aromatic rings. The van der Waals surface area contributed by atoms with Crippen molar-refractivity contribution >= 4 is 44.2 Å². The molecule has 0 atom stereocenters. The minimum Gasteiger partial charge on any atom is -0.496 e. The minimum absolute atomic E-state index is 0.0887. The van der Waals surface area contributed by atoms with Gasteiger partial charge in [-0.25, -0.2) is 8.42 Å². The standard InChI is InChI=1S/C20H28N4O4S3/c1-14(2)13-29-20-23-22-19(30-20)21-18(25)16-12-15(8-9-17(16)28-3)31(26,27)24-10-6-4-5-7-11-24/h8-9,12,14H,4-7,10-11,13H2,1-3H3,(H,21,22,25). The number of hydrogen-bond donors (Lipinski definition) is 1. The van der Waals surface area contributed by atoms with Crippen LogP contribution >= 0.6 is 23.1 Å². The normalized spacial score (nSPS) is 15.6. The third-order valence-corrected chi connectivity index (χ3v) is 9.08. The Hall–Kier alpha value is -1.69. The summed E-state index contributed by atoms with van der Waals surface area (Å²) in [5.41, 5.74) is 0.144. The van der Waals surface area contributed by atoms with E-state index in [1.807, 2.05) is 0 Å². The first kappa shape index (κ1) is 24.0. The van der Waals surface area contributed by atoms with Crippen molar-refractivity contribution in [2.75, 3.05) is 31.3 Å². The molecule has 8 nitrogen and oxygen atoms in total. The topological polar surface area (TPSA) is 101 Å². The molecule has 2 heterocycles. The number of hydrogen-bond acceptors (Lipinski definition) is 8. The second-order valence-corrected chi connectivity index (χ2v) is 11.9. The fourth-order valence-corrected chi connectivity index (χ4v) is 6.44. The zero-order valence-corrected chi connectivity index (χ0v) is 20.4. The molecule has 1 amide bonds. The van der Waals surface area contributed by atoms with Gasteiger partial charge in [0.25, 0.3) is 5.91 Å². The fraction of sp³-hybridized carbons (Fsp3) is 0.550. The van der Waals surface area contributed by atoms with Gasteiger partial charge in [0.1, 0.15) is 5.75 Å². The second kappa shape index (κ2) is 10.8. The molecular formula is C20H28N4O4S3. The molecule has 0 bridgehead atoms. The molecule has 1 aromatic heterocycles. The highest BCUT2D eigenvalue weighted by atomic mass is 32.2. The first-order valence-electron chi connectivity index (χ1n) is 10.3. The zero-order chi connectivity index (χ0) is 22.4. The summed E-state index contributed by atoms with van der Waals surface area (Å²) in [6.07, 6.45) is 3.75. The van der Waals surface area contributed by atoms with E-state index in [9.17, 15) is 13.2 Å². The molecule has 11 heteroatoms. The number of nitrogens with one attached hydrogen (secondary N) is 1. The van der Waals surface area contributed by atoms with Gasteiger partial charge in [-0.05, 0) is 37.0 Å². The van der Waals surface area contributed by atoms with Crippen LogP contribution in [-0.4, -0.2) is 54.8 Å². The largest absolute Gasteiger partial charge is 0.496 e. The predicted octanol–water partition coefficient (Wildman–Crippen LogP) is 4.11. The maximum absolute atomic E-state index is 13.1. The summed E-state index contributed by atoms with van der Waals surface area (Å²) in [6.45, 7) is 5.24. The van der Waals surface area contributed by atoms with Crippen LogP contribution in [0.5, 0.6) is 5.75 Å². The fourth-order valence-electron chi connectivity index (χ4n) is 3.18. The van der Waals surface area contributed by atoms with Crippen molar-refractivity contribution in [3.63, 3.8) is 0 Å². The van der Waals surface area contributed by atoms with Crippen LogP contribution in [0.2, 0.25) is 0 Å². The predicted molar refractivity (Wildman–Crippen MR) is 124 cm³/mol. The molecule has 170 valence electrons. The van der Waals surface area contributed by atoms with E-state index in [4.69, 9.17) is 4.74 Å². The third kappa shape index (κ3) is 6.18. The lowest BCUT2D eigenvalue weighted by molar-refractivity contribution is 0.102. The molecule has 1 N–H and O–H groups in total. The van der Waals surface area contributed by atoms with Crippen LogP contribution in [0, 0.1) is 5.92 Å². The van der Waals surface area contributed by atoms with Gasteiger partial charge >= 0.3 is 0 Å². The van der Waals surface area contributed by atoms with E-state index in [-0.39, 0.29) is 10.5 Å². The van der Waals surface area contributed by atoms with Crippen molar-refractivity contribution in [1.82, 2.24) is 14.5 Å². The zero-order valence-electron chi connectivity index (χ0n) is 18.0. The van der Waals surface area contributed by atoms with Crippen molar-refractivity contribution < 1.29 is 17.9 Å². The van der Waals surface area contributed by atoms with Gasteiger partial charge in [0.15, 0.2) is 4.34 Å². The Morgan fingerprint density at radius 1 is 1.23 bits per heavy atom. The number of ether oxygens (including phenoxy) is 1. The second-order valence-electron chi connectivity index (χ2n) is 7.71. The minimum atomic E-state index is -3.68. The molecular weight excluding hydrogens is 456 g/mol. The van der Waals surface area contributed by atoms with Gasteiger partial charge in [0.05, 0.1) is 17.6 Å². The molecule has 1 aliphatic rings. The summed E-state index contributed by atoms with van der Waals surface area (Å²) in [7, 11) is -2.24. The molecule has 3 rings (SSSR count). The van der Waals surface area contributed by atoms with Crippen molar-refractivity contribution in [2.45, 2.75) is 48.8 Å². The summed E-state index contributed by atoms with van der Waals surface area (Å²) in [4.78, 5) is 13.0. The molecule has 1 aliphatic heterocycles. The van der Waals surface area contributed by atoms with Crippen molar-refractivity contribution in [1.29, 1.82) is 0 Å². The van der Waals surface area contributed by atoms with Crippen LogP contribution < -0.4 is 10.1 Å². The molecule has 0 saturated carbocycles. The maximum Gasteiger partial charge on any atom is 0.261 e. The van der Waals surface area contributed by atoms with Gasteiger partial charge in [0, 0.05) is 18.8 Å². The molecule has 1 saturated heterocycles. The Labute approximate surface area is 191 Å². The average Bonchev–Trinajstić information content (AvgIpc) is 3.00. The Bertz CT molecular complexity index is 1000. The van der Waals surface area contributed by atoms with Crippen LogP contribution in [0.1, 0.15) is 49.9 Å². The molecule has 31 heavy (non-hydrogen) atoms. The van der Waals surface area contributed by atoms with Crippen LogP contribution in [0.4, 0.5) is 5.13 Å². The Morgan fingerprint density at radius 2 is 1.94 bits per heavy atom. The highest BCUT2D eigenvalue weighted by Gasteiger charge is 2.27. The molecule has 1 aromatic carbocycles. The summed E-state index contributed by atoms with van der Waals surface area (Å²) < 4.78 is 33.8. The highest BCUT2D eigenvalue weighted by molar-refractivity contribution is 8.01. The molecule has 0 aliphatic carbocycles. The lowest BCUT2D eigenvalue weighted by Crippen LogP contribution is -2.32. The molecule has 0 spiro atoms. The first-order chi connectivity index (χ1) is 14.8. The lowest BCUT2D eigenvalue weighted by atomic mass is 10.2. The quantitative estimate of drug-likeness (QED) is 0.444. The molecule has 0 unspecified atom stereocenters. The van der Waals surface area contributed by atoms with Gasteiger partial charge in [-0.2, -0.15) is 4.31 Å². The van der Waals surface area contributed by atoms with Crippen LogP contribution in [0.25, 0.3) is 0 Å². The maximum atomic E-state index is 13.1. The van der Waals surface area contributed by atoms with E-state index in [0.717, 1.165) is 35.8 Å². The van der Waals surface area contributed by atoms with Crippen molar-refractivity contribution in [2.24, 2.45) is 5.92 Å². The monoisotopic (exact) mass is 484 g/mol. The van der Waals surface area contributed by atoms with Crippen molar-refractivity contribution in [3.8, 4) is 5.75 Å². The number of amides is 1. The number of sulfonamides is 1. The van der Waals surface area contributed by atoms with Crippen LogP contribution in [-0.2, 0) is 10.0 Å². The number of anilines is 1. The lowest BCUT2D eigenvalue weighted by Gasteiger charge is -2.20. The number of benzene rings is 1. The average molecular weight is 485 g/mol. The number of methoxy groups -OCH3 is 1. The highest BCUT2D eigenvalue weighted by Crippen LogP contribution is 2.29. The Kier molecular flexibility index (Phi) is 8.31. The Morgan fingerprint density at radius 3 is 2.58 bits per heavy atom. The summed E-state index contributed by atoms with van der Waals surface area (Å²) >= 11 is 2.87. The number of thioether (sulfide) groups is 1.